The van der Waals surface area contributed by atoms with Crippen LogP contribution in [0.3, 0.4) is 0 Å². The molecule has 0 bridgehead atoms. The molecule has 14 nitrogen and oxygen atoms in total. The van der Waals surface area contributed by atoms with E-state index in [0.29, 0.717) is 51.6 Å². The van der Waals surface area contributed by atoms with Gasteiger partial charge in [-0.3, -0.25) is 39.0 Å². The summed E-state index contributed by atoms with van der Waals surface area (Å²) in [5.74, 6) is -1.84. The third kappa shape index (κ3) is 10.7. The van der Waals surface area contributed by atoms with Gasteiger partial charge in [0.05, 0.1) is 5.56 Å². The number of ether oxygens (including phenoxy) is 1. The van der Waals surface area contributed by atoms with E-state index in [2.05, 4.69) is 26.2 Å². The molecule has 0 saturated carbocycles. The van der Waals surface area contributed by atoms with Gasteiger partial charge in [0.2, 0.25) is 23.6 Å². The molecule has 1 aromatic carbocycles. The number of carbonyl (C=O) groups excluding carboxylic acids is 7. The largest absolute Gasteiger partial charge is 0.412 e. The Morgan fingerprint density at radius 1 is 1.00 bits per heavy atom. The molecule has 3 rings (SSSR count). The van der Waals surface area contributed by atoms with Crippen LogP contribution in [-0.2, 0) is 19.2 Å². The lowest BCUT2D eigenvalue weighted by Crippen LogP contribution is -2.52. The molecule has 1 aromatic rings. The van der Waals surface area contributed by atoms with Crippen LogP contribution in [0, 0.1) is 0 Å². The van der Waals surface area contributed by atoms with Gasteiger partial charge in [-0.25, -0.2) is 4.79 Å². The van der Waals surface area contributed by atoms with Gasteiger partial charge in [0, 0.05) is 64.1 Å². The summed E-state index contributed by atoms with van der Waals surface area (Å²) in [5.41, 5.74) is -0.217. The minimum atomic E-state index is -0.963. The lowest BCUT2D eigenvalue weighted by atomic mass is 10.0. The highest BCUT2D eigenvalue weighted by molar-refractivity contribution is 6.07. The van der Waals surface area contributed by atoms with Gasteiger partial charge in [-0.2, -0.15) is 0 Å². The van der Waals surface area contributed by atoms with E-state index in [0.717, 1.165) is 32.5 Å². The number of piperazine rings is 1. The monoisotopic (exact) mass is 614 g/mol. The van der Waals surface area contributed by atoms with Gasteiger partial charge in [-0.1, -0.05) is 25.5 Å². The van der Waals surface area contributed by atoms with E-state index in [1.165, 1.54) is 18.2 Å². The first-order chi connectivity index (χ1) is 21.2. The second-order valence-electron chi connectivity index (χ2n) is 10.7. The Morgan fingerprint density at radius 2 is 1.75 bits per heavy atom. The van der Waals surface area contributed by atoms with E-state index >= 15 is 0 Å². The third-order valence-electron chi connectivity index (χ3n) is 7.52. The number of imide groups is 1. The van der Waals surface area contributed by atoms with Crippen molar-refractivity contribution in [3.8, 4) is 5.75 Å². The summed E-state index contributed by atoms with van der Waals surface area (Å²) in [7, 11) is 0. The van der Waals surface area contributed by atoms with E-state index in [1.807, 2.05) is 11.8 Å². The van der Waals surface area contributed by atoms with Crippen LogP contribution in [0.1, 0.15) is 79.0 Å². The fourth-order valence-corrected chi connectivity index (χ4v) is 4.97. The first-order valence-electron chi connectivity index (χ1n) is 15.2. The lowest BCUT2D eigenvalue weighted by molar-refractivity contribution is -0.135. The van der Waals surface area contributed by atoms with Crippen molar-refractivity contribution < 1.29 is 38.3 Å². The predicted molar refractivity (Wildman–Crippen MR) is 159 cm³/mol. The number of unbranched alkanes of at least 4 members (excludes halogenated alkanes) is 2. The molecule has 2 aliphatic rings. The van der Waals surface area contributed by atoms with Crippen molar-refractivity contribution in [3.05, 3.63) is 29.3 Å². The number of hydrogen-bond donors (Lipinski definition) is 4. The maximum Gasteiger partial charge on any atom is 0.412 e. The van der Waals surface area contributed by atoms with Crippen LogP contribution < -0.4 is 26.0 Å². The average molecular weight is 615 g/mol. The Morgan fingerprint density at radius 3 is 2.45 bits per heavy atom. The Hall–Kier alpha value is -4.33. The highest BCUT2D eigenvalue weighted by Crippen LogP contribution is 2.22. The first-order valence-corrected chi connectivity index (χ1v) is 15.2. The zero-order chi connectivity index (χ0) is 31.9. The number of nitrogens with one attached hydrogen (secondary N) is 4. The molecule has 0 aliphatic carbocycles. The second-order valence-corrected chi connectivity index (χ2v) is 10.7. The number of aldehydes is 1. The molecule has 6 amide bonds. The number of rotatable bonds is 15. The first kappa shape index (κ1) is 34.2. The van der Waals surface area contributed by atoms with Crippen LogP contribution in [0.25, 0.3) is 0 Å². The van der Waals surface area contributed by atoms with Gasteiger partial charge in [0.25, 0.3) is 5.91 Å². The zero-order valence-electron chi connectivity index (χ0n) is 25.2. The molecule has 2 heterocycles. The number of carbonyl (C=O) groups is 7. The average Bonchev–Trinajstić information content (AvgIpc) is 3.02. The molecule has 44 heavy (non-hydrogen) atoms. The van der Waals surface area contributed by atoms with Crippen molar-refractivity contribution in [2.24, 2.45) is 0 Å². The molecular formula is C30H42N6O8. The second kappa shape index (κ2) is 17.7. The molecule has 2 saturated heterocycles. The van der Waals surface area contributed by atoms with Crippen molar-refractivity contribution >= 4 is 41.9 Å². The maximum atomic E-state index is 12.9. The summed E-state index contributed by atoms with van der Waals surface area (Å²) < 4.78 is 5.31. The molecule has 0 spiro atoms. The SMILES string of the molecule is CCC(=O)NCCCN1CCN(C(=O)CCCCCNC(=O)Oc2cccc(C=O)c2C(=O)NC2CCC(=O)NC2=O)CC1. The van der Waals surface area contributed by atoms with E-state index in [1.54, 1.807) is 0 Å². The predicted octanol–water partition coefficient (Wildman–Crippen LogP) is 0.743. The molecule has 1 atom stereocenters. The van der Waals surface area contributed by atoms with Gasteiger partial charge in [0.1, 0.15) is 11.8 Å². The lowest BCUT2D eigenvalue weighted by Gasteiger charge is -2.34. The van der Waals surface area contributed by atoms with Gasteiger partial charge in [-0.15, -0.1) is 0 Å². The molecule has 2 aliphatic heterocycles. The third-order valence-corrected chi connectivity index (χ3v) is 7.52. The molecule has 240 valence electrons. The summed E-state index contributed by atoms with van der Waals surface area (Å²) in [4.78, 5) is 88.4. The molecule has 0 radical (unpaired) electrons. The standard InChI is InChI=1S/C30H42N6O8/c1-2-24(38)31-14-7-15-35-16-18-36(19-17-35)26(40)10-4-3-5-13-32-30(43)44-23-9-6-8-21(20-37)27(23)29(42)33-22-11-12-25(39)34-28(22)41/h6,8-9,20,22H,2-5,7,10-19H2,1H3,(H,31,38)(H,32,43)(H,33,42)(H,34,39,41). The van der Waals surface area contributed by atoms with Crippen LogP contribution in [0.15, 0.2) is 18.2 Å². The molecule has 2 fully saturated rings. The number of benzene rings is 1. The van der Waals surface area contributed by atoms with E-state index in [-0.39, 0.29) is 48.1 Å². The highest BCUT2D eigenvalue weighted by Gasteiger charge is 2.30. The minimum absolute atomic E-state index is 0.0245. The van der Waals surface area contributed by atoms with Crippen LogP contribution >= 0.6 is 0 Å². The maximum absolute atomic E-state index is 12.9. The van der Waals surface area contributed by atoms with E-state index in [4.69, 9.17) is 4.74 Å². The number of nitrogens with zero attached hydrogens (tertiary/aromatic N) is 2. The van der Waals surface area contributed by atoms with Crippen molar-refractivity contribution in [2.45, 2.75) is 64.3 Å². The molecule has 14 heteroatoms. The topological polar surface area (TPSA) is 183 Å². The number of hydrogen-bond acceptors (Lipinski definition) is 9. The number of piperidine rings is 1. The van der Waals surface area contributed by atoms with Gasteiger partial charge < -0.3 is 25.6 Å². The number of amides is 6. The fraction of sp³-hybridized carbons (Fsp3) is 0.567. The van der Waals surface area contributed by atoms with Crippen molar-refractivity contribution in [1.29, 1.82) is 0 Å². The molecule has 4 N–H and O–H groups in total. The molecular weight excluding hydrogens is 572 g/mol. The summed E-state index contributed by atoms with van der Waals surface area (Å²) >= 11 is 0. The van der Waals surface area contributed by atoms with Gasteiger partial charge in [-0.05, 0) is 38.3 Å². The fourth-order valence-electron chi connectivity index (χ4n) is 4.97. The Balaban J connectivity index is 1.33. The smallest absolute Gasteiger partial charge is 0.409 e. The van der Waals surface area contributed by atoms with Crippen molar-refractivity contribution in [1.82, 2.24) is 31.1 Å². The summed E-state index contributed by atoms with van der Waals surface area (Å²) in [6.45, 7) is 6.67. The van der Waals surface area contributed by atoms with Crippen LogP contribution in [0.2, 0.25) is 0 Å². The van der Waals surface area contributed by atoms with E-state index in [9.17, 15) is 33.6 Å². The van der Waals surface area contributed by atoms with E-state index < -0.39 is 29.9 Å². The Bertz CT molecular complexity index is 1210. The van der Waals surface area contributed by atoms with Crippen molar-refractivity contribution in [2.75, 3.05) is 45.8 Å². The van der Waals surface area contributed by atoms with Crippen LogP contribution in [0.5, 0.6) is 5.75 Å². The molecule has 0 aromatic heterocycles. The summed E-state index contributed by atoms with van der Waals surface area (Å²) in [5, 5.41) is 10.1. The van der Waals surface area contributed by atoms with Gasteiger partial charge >= 0.3 is 6.09 Å². The summed E-state index contributed by atoms with van der Waals surface area (Å²) in [6, 6.07) is 3.25. The normalized spacial score (nSPS) is 16.9. The van der Waals surface area contributed by atoms with Crippen molar-refractivity contribution in [3.63, 3.8) is 0 Å². The van der Waals surface area contributed by atoms with Gasteiger partial charge in [0.15, 0.2) is 6.29 Å². The Kier molecular flexibility index (Phi) is 13.7. The quantitative estimate of drug-likeness (QED) is 0.126. The minimum Gasteiger partial charge on any atom is -0.409 e. The Labute approximate surface area is 256 Å². The van der Waals surface area contributed by atoms with Crippen LogP contribution in [0.4, 0.5) is 4.79 Å². The molecule has 1 unspecified atom stereocenters. The highest BCUT2D eigenvalue weighted by atomic mass is 16.6. The summed E-state index contributed by atoms with van der Waals surface area (Å²) in [6.07, 6.45) is 3.61. The van der Waals surface area contributed by atoms with Crippen LogP contribution in [-0.4, -0.2) is 104 Å². The zero-order valence-corrected chi connectivity index (χ0v) is 25.2.